The number of nitrogens with two attached hydrogens (primary N) is 1. The predicted molar refractivity (Wildman–Crippen MR) is 113 cm³/mol. The fraction of sp³-hybridized carbons (Fsp3) is 0.304. The summed E-state index contributed by atoms with van der Waals surface area (Å²) in [6.07, 6.45) is 2.29. The van der Waals surface area contributed by atoms with E-state index in [1.807, 2.05) is 6.07 Å². The normalized spacial score (nSPS) is 23.1. The second-order valence-electron chi connectivity index (χ2n) is 7.78. The van der Waals surface area contributed by atoms with Crippen LogP contribution in [0.3, 0.4) is 0 Å². The highest BCUT2D eigenvalue weighted by atomic mass is 16.3. The Hall–Kier alpha value is -3.70. The summed E-state index contributed by atoms with van der Waals surface area (Å²) < 4.78 is 0. The van der Waals surface area contributed by atoms with Crippen molar-refractivity contribution in [1.82, 2.24) is 9.88 Å². The third-order valence-electron chi connectivity index (χ3n) is 5.73. The minimum Gasteiger partial charge on any atom is -0.369 e. The minimum absolute atomic E-state index is 0.0653. The van der Waals surface area contributed by atoms with Gasteiger partial charge >= 0.3 is 0 Å². The Morgan fingerprint density at radius 3 is 2.77 bits per heavy atom. The summed E-state index contributed by atoms with van der Waals surface area (Å²) >= 11 is 0. The third-order valence-corrected chi connectivity index (χ3v) is 5.73. The van der Waals surface area contributed by atoms with E-state index in [0.717, 1.165) is 5.56 Å². The van der Waals surface area contributed by atoms with Crippen LogP contribution >= 0.6 is 0 Å². The van der Waals surface area contributed by atoms with Crippen LogP contribution in [0.5, 0.6) is 0 Å². The number of hydrogen-bond donors (Lipinski definition) is 2. The number of rotatable bonds is 3. The summed E-state index contributed by atoms with van der Waals surface area (Å²) in [7, 11) is 1.63. The number of likely N-dealkylation sites (N-methyl/N-ethyl adjacent to an activating group) is 1. The number of carbonyl (C=O) groups excluding carboxylic acids is 3. The minimum atomic E-state index is -1.67. The highest BCUT2D eigenvalue weighted by molar-refractivity contribution is 6.06. The molecule has 8 nitrogen and oxygen atoms in total. The van der Waals surface area contributed by atoms with E-state index < -0.39 is 23.3 Å². The van der Waals surface area contributed by atoms with Crippen molar-refractivity contribution in [3.8, 4) is 11.8 Å². The molecule has 0 radical (unpaired) electrons. The standard InChI is InChI=1S/C23H22N4O4/c1-26-13-10-23(31,22(26)30)9-7-15-4-2-5-16(14-15)17-8-12-27(21(17)29)18-6-3-11-25-19(18)20(24)28/h2-6,11,14,17,31H,8,10,12-13H2,1H3,(H2,24,28)/t17?,23-/m0/s1. The van der Waals surface area contributed by atoms with Gasteiger partial charge in [-0.3, -0.25) is 14.4 Å². The average Bonchev–Trinajstić information content (AvgIpc) is 3.28. The molecule has 2 aromatic rings. The number of nitrogens with zero attached hydrogens (tertiary/aromatic N) is 3. The van der Waals surface area contributed by atoms with Gasteiger partial charge in [-0.1, -0.05) is 24.0 Å². The Morgan fingerprint density at radius 1 is 1.26 bits per heavy atom. The molecule has 8 heteroatoms. The van der Waals surface area contributed by atoms with Gasteiger partial charge in [-0.15, -0.1) is 0 Å². The number of carbonyl (C=O) groups is 3. The molecule has 1 unspecified atom stereocenters. The molecule has 2 atom stereocenters. The highest BCUT2D eigenvalue weighted by Crippen LogP contribution is 2.33. The van der Waals surface area contributed by atoms with Crippen molar-refractivity contribution in [3.05, 3.63) is 59.4 Å². The number of aromatic nitrogens is 1. The van der Waals surface area contributed by atoms with Crippen molar-refractivity contribution in [2.24, 2.45) is 5.73 Å². The van der Waals surface area contributed by atoms with E-state index in [-0.39, 0.29) is 18.0 Å². The van der Waals surface area contributed by atoms with Crippen molar-refractivity contribution in [3.63, 3.8) is 0 Å². The van der Waals surface area contributed by atoms with Gasteiger partial charge in [-0.05, 0) is 36.2 Å². The van der Waals surface area contributed by atoms with Crippen LogP contribution in [0.4, 0.5) is 5.69 Å². The van der Waals surface area contributed by atoms with Gasteiger partial charge in [0.25, 0.3) is 11.8 Å². The molecule has 0 saturated carbocycles. The average molecular weight is 418 g/mol. The molecule has 3 heterocycles. The lowest BCUT2D eigenvalue weighted by molar-refractivity contribution is -0.137. The Kier molecular flexibility index (Phi) is 5.21. The van der Waals surface area contributed by atoms with Gasteiger partial charge in [-0.2, -0.15) is 0 Å². The van der Waals surface area contributed by atoms with Crippen LogP contribution in [0.2, 0.25) is 0 Å². The van der Waals surface area contributed by atoms with Crippen molar-refractivity contribution in [2.45, 2.75) is 24.4 Å². The third kappa shape index (κ3) is 3.76. The van der Waals surface area contributed by atoms with E-state index in [0.29, 0.717) is 30.8 Å². The van der Waals surface area contributed by atoms with E-state index in [4.69, 9.17) is 5.73 Å². The van der Waals surface area contributed by atoms with E-state index in [1.165, 1.54) is 16.0 Å². The van der Waals surface area contributed by atoms with Gasteiger partial charge in [0.1, 0.15) is 0 Å². The lowest BCUT2D eigenvalue weighted by Gasteiger charge is -2.18. The van der Waals surface area contributed by atoms with Crippen LogP contribution in [-0.4, -0.2) is 58.5 Å². The fourth-order valence-electron chi connectivity index (χ4n) is 4.01. The fourth-order valence-corrected chi connectivity index (χ4v) is 4.01. The maximum Gasteiger partial charge on any atom is 0.269 e. The molecular formula is C23H22N4O4. The molecule has 1 aromatic heterocycles. The van der Waals surface area contributed by atoms with Crippen LogP contribution in [0, 0.1) is 11.8 Å². The summed E-state index contributed by atoms with van der Waals surface area (Å²) in [5, 5.41) is 10.5. The van der Waals surface area contributed by atoms with Gasteiger partial charge in [0, 0.05) is 38.3 Å². The van der Waals surface area contributed by atoms with Crippen LogP contribution in [0.25, 0.3) is 0 Å². The largest absolute Gasteiger partial charge is 0.369 e. The molecule has 4 rings (SSSR count). The molecule has 31 heavy (non-hydrogen) atoms. The number of hydrogen-bond acceptors (Lipinski definition) is 5. The maximum absolute atomic E-state index is 13.1. The number of benzene rings is 1. The molecule has 2 aliphatic rings. The second-order valence-corrected chi connectivity index (χ2v) is 7.78. The molecule has 0 spiro atoms. The monoisotopic (exact) mass is 418 g/mol. The first-order valence-electron chi connectivity index (χ1n) is 9.97. The molecule has 0 aliphatic carbocycles. The molecule has 1 aromatic carbocycles. The molecule has 0 bridgehead atoms. The van der Waals surface area contributed by atoms with Crippen molar-refractivity contribution < 1.29 is 19.5 Å². The van der Waals surface area contributed by atoms with E-state index in [2.05, 4.69) is 16.8 Å². The van der Waals surface area contributed by atoms with Crippen molar-refractivity contribution >= 4 is 23.4 Å². The van der Waals surface area contributed by atoms with Crippen LogP contribution < -0.4 is 10.6 Å². The zero-order valence-corrected chi connectivity index (χ0v) is 17.0. The molecule has 3 amide bonds. The number of aliphatic hydroxyl groups is 1. The van der Waals surface area contributed by atoms with Gasteiger partial charge in [-0.25, -0.2) is 4.98 Å². The summed E-state index contributed by atoms with van der Waals surface area (Å²) in [4.78, 5) is 43.9. The lowest BCUT2D eigenvalue weighted by atomic mass is 9.95. The van der Waals surface area contributed by atoms with Crippen LogP contribution in [0.15, 0.2) is 42.6 Å². The number of anilines is 1. The van der Waals surface area contributed by atoms with E-state index in [9.17, 15) is 19.5 Å². The number of primary amides is 1. The smallest absolute Gasteiger partial charge is 0.269 e. The topological polar surface area (TPSA) is 117 Å². The van der Waals surface area contributed by atoms with Crippen molar-refractivity contribution in [2.75, 3.05) is 25.0 Å². The summed E-state index contributed by atoms with van der Waals surface area (Å²) in [5.74, 6) is 3.94. The first kappa shape index (κ1) is 20.6. The Bertz CT molecular complexity index is 1140. The Morgan fingerprint density at radius 2 is 2.06 bits per heavy atom. The lowest BCUT2D eigenvalue weighted by Crippen LogP contribution is -2.37. The quantitative estimate of drug-likeness (QED) is 0.710. The summed E-state index contributed by atoms with van der Waals surface area (Å²) in [6, 6.07) is 10.5. The molecule has 3 N–H and O–H groups in total. The van der Waals surface area contributed by atoms with Crippen LogP contribution in [-0.2, 0) is 9.59 Å². The molecule has 2 aliphatic heterocycles. The van der Waals surface area contributed by atoms with Gasteiger partial charge in [0.15, 0.2) is 5.69 Å². The van der Waals surface area contributed by atoms with E-state index in [1.54, 1.807) is 37.4 Å². The molecule has 2 saturated heterocycles. The molecule has 2 fully saturated rings. The van der Waals surface area contributed by atoms with Gasteiger partial charge in [0.2, 0.25) is 11.5 Å². The predicted octanol–water partition coefficient (Wildman–Crippen LogP) is 0.646. The second kappa shape index (κ2) is 7.85. The number of likely N-dealkylation sites (tertiary alicyclic amines) is 1. The van der Waals surface area contributed by atoms with Gasteiger partial charge in [0.05, 0.1) is 11.6 Å². The van der Waals surface area contributed by atoms with Gasteiger partial charge < -0.3 is 20.6 Å². The SMILES string of the molecule is CN1CC[C@@](O)(C#Cc2cccc(C3CCN(c4cccnc4C(N)=O)C3=O)c2)C1=O. The first-order valence-corrected chi connectivity index (χ1v) is 9.97. The number of pyridine rings is 1. The maximum atomic E-state index is 13.1. The Balaban J connectivity index is 1.57. The molecule has 158 valence electrons. The van der Waals surface area contributed by atoms with Crippen LogP contribution in [0.1, 0.15) is 40.4 Å². The Labute approximate surface area is 179 Å². The molecular weight excluding hydrogens is 396 g/mol. The van der Waals surface area contributed by atoms with E-state index >= 15 is 0 Å². The summed E-state index contributed by atoms with van der Waals surface area (Å²) in [5.41, 5.74) is 5.60. The first-order chi connectivity index (χ1) is 14.8. The zero-order valence-electron chi connectivity index (χ0n) is 17.0. The summed E-state index contributed by atoms with van der Waals surface area (Å²) in [6.45, 7) is 0.893. The van der Waals surface area contributed by atoms with Crippen molar-refractivity contribution in [1.29, 1.82) is 0 Å². The number of amides is 3. The zero-order chi connectivity index (χ0) is 22.2. The highest BCUT2D eigenvalue weighted by Gasteiger charge is 2.42.